The predicted molar refractivity (Wildman–Crippen MR) is 68.5 cm³/mol. The lowest BCUT2D eigenvalue weighted by atomic mass is 10.2. The molecule has 8 nitrogen and oxygen atoms in total. The van der Waals surface area contributed by atoms with Crippen LogP contribution in [0.4, 0.5) is 0 Å². The molecule has 2 rings (SSSR count). The van der Waals surface area contributed by atoms with Crippen molar-refractivity contribution in [1.82, 2.24) is 19.9 Å². The number of carboxylic acid groups (broad SMARTS) is 1. The summed E-state index contributed by atoms with van der Waals surface area (Å²) >= 11 is 0. The van der Waals surface area contributed by atoms with E-state index in [2.05, 4.69) is 10.3 Å². The number of nitrogens with zero attached hydrogens (tertiary/aromatic N) is 4. The molecular weight excluding hydrogens is 264 g/mol. The van der Waals surface area contributed by atoms with Gasteiger partial charge in [0.15, 0.2) is 5.69 Å². The Morgan fingerprint density at radius 2 is 2.05 bits per heavy atom. The minimum absolute atomic E-state index is 0.0888. The van der Waals surface area contributed by atoms with Crippen LogP contribution in [0.2, 0.25) is 0 Å². The highest BCUT2D eigenvalue weighted by Crippen LogP contribution is 2.16. The Hall–Kier alpha value is -1.96. The van der Waals surface area contributed by atoms with Crippen LogP contribution < -0.4 is 0 Å². The van der Waals surface area contributed by atoms with Crippen molar-refractivity contribution >= 4 is 11.9 Å². The van der Waals surface area contributed by atoms with Gasteiger partial charge in [0.25, 0.3) is 0 Å². The van der Waals surface area contributed by atoms with Gasteiger partial charge in [-0.2, -0.15) is 0 Å². The third-order valence-corrected chi connectivity index (χ3v) is 3.38. The third-order valence-electron chi connectivity index (χ3n) is 3.38. The number of rotatable bonds is 4. The monoisotopic (exact) mass is 282 g/mol. The molecule has 0 aliphatic carbocycles. The third kappa shape index (κ3) is 2.64. The Morgan fingerprint density at radius 3 is 2.60 bits per heavy atom. The molecule has 1 aromatic heterocycles. The molecule has 0 radical (unpaired) electrons. The highest BCUT2D eigenvalue weighted by atomic mass is 16.5. The molecule has 1 fully saturated rings. The van der Waals surface area contributed by atoms with Crippen LogP contribution in [-0.2, 0) is 16.0 Å². The fourth-order valence-corrected chi connectivity index (χ4v) is 2.27. The van der Waals surface area contributed by atoms with E-state index in [0.717, 1.165) is 0 Å². The van der Waals surface area contributed by atoms with Crippen molar-refractivity contribution in [3.8, 4) is 0 Å². The van der Waals surface area contributed by atoms with Crippen LogP contribution in [0.1, 0.15) is 36.1 Å². The molecule has 8 heteroatoms. The number of hydrogen-bond acceptors (Lipinski definition) is 5. The molecule has 1 aromatic rings. The number of hydrogen-bond donors (Lipinski definition) is 1. The minimum Gasteiger partial charge on any atom is -0.476 e. The smallest absolute Gasteiger partial charge is 0.358 e. The molecule has 0 spiro atoms. The van der Waals surface area contributed by atoms with Gasteiger partial charge in [-0.25, -0.2) is 9.48 Å². The van der Waals surface area contributed by atoms with Crippen molar-refractivity contribution in [2.75, 3.05) is 26.3 Å². The van der Waals surface area contributed by atoms with Crippen molar-refractivity contribution in [3.05, 3.63) is 11.4 Å². The summed E-state index contributed by atoms with van der Waals surface area (Å²) in [7, 11) is 0. The molecule has 0 bridgehead atoms. The van der Waals surface area contributed by atoms with E-state index in [1.807, 2.05) is 6.92 Å². The first kappa shape index (κ1) is 14.4. The standard InChI is InChI=1S/C12H18N4O4/c1-3-9-10(12(18)19)13-14-16(9)8(2)11(17)15-4-6-20-7-5-15/h8H,3-7H2,1-2H3,(H,18,19). The van der Waals surface area contributed by atoms with Crippen LogP contribution in [0, 0.1) is 0 Å². The van der Waals surface area contributed by atoms with Crippen molar-refractivity contribution in [2.24, 2.45) is 0 Å². The van der Waals surface area contributed by atoms with E-state index in [1.165, 1.54) is 4.68 Å². The Kier molecular flexibility index (Phi) is 4.33. The van der Waals surface area contributed by atoms with E-state index in [0.29, 0.717) is 38.4 Å². The second kappa shape index (κ2) is 6.00. The molecule has 1 aliphatic heterocycles. The van der Waals surface area contributed by atoms with E-state index in [4.69, 9.17) is 9.84 Å². The second-order valence-electron chi connectivity index (χ2n) is 4.60. The fraction of sp³-hybridized carbons (Fsp3) is 0.667. The minimum atomic E-state index is -1.13. The zero-order chi connectivity index (χ0) is 14.7. The maximum atomic E-state index is 12.4. The van der Waals surface area contributed by atoms with Gasteiger partial charge in [0, 0.05) is 13.1 Å². The van der Waals surface area contributed by atoms with Crippen molar-refractivity contribution < 1.29 is 19.4 Å². The maximum absolute atomic E-state index is 12.4. The number of ether oxygens (including phenoxy) is 1. The number of carbonyl (C=O) groups excluding carboxylic acids is 1. The lowest BCUT2D eigenvalue weighted by molar-refractivity contribution is -0.138. The van der Waals surface area contributed by atoms with Gasteiger partial charge in [-0.3, -0.25) is 4.79 Å². The van der Waals surface area contributed by atoms with Gasteiger partial charge in [-0.05, 0) is 13.3 Å². The van der Waals surface area contributed by atoms with Crippen LogP contribution >= 0.6 is 0 Å². The van der Waals surface area contributed by atoms with Crippen molar-refractivity contribution in [2.45, 2.75) is 26.3 Å². The number of amides is 1. The normalized spacial score (nSPS) is 17.0. The van der Waals surface area contributed by atoms with Gasteiger partial charge in [0.05, 0.1) is 18.9 Å². The van der Waals surface area contributed by atoms with Gasteiger partial charge in [0.1, 0.15) is 6.04 Å². The van der Waals surface area contributed by atoms with Crippen LogP contribution in [-0.4, -0.2) is 63.2 Å². The van der Waals surface area contributed by atoms with Crippen LogP contribution in [0.25, 0.3) is 0 Å². The zero-order valence-corrected chi connectivity index (χ0v) is 11.6. The predicted octanol–water partition coefficient (Wildman–Crippen LogP) is -0.0415. The van der Waals surface area contributed by atoms with Crippen LogP contribution in [0.3, 0.4) is 0 Å². The summed E-state index contributed by atoms with van der Waals surface area (Å²) in [6, 6.07) is -0.566. The fourth-order valence-electron chi connectivity index (χ4n) is 2.27. The van der Waals surface area contributed by atoms with Crippen molar-refractivity contribution in [1.29, 1.82) is 0 Å². The van der Waals surface area contributed by atoms with E-state index in [1.54, 1.807) is 11.8 Å². The van der Waals surface area contributed by atoms with Crippen molar-refractivity contribution in [3.63, 3.8) is 0 Å². The lowest BCUT2D eigenvalue weighted by Gasteiger charge is -2.29. The first-order valence-corrected chi connectivity index (χ1v) is 6.60. The highest BCUT2D eigenvalue weighted by molar-refractivity contribution is 5.87. The molecule has 1 atom stereocenters. The first-order chi connectivity index (χ1) is 9.56. The Balaban J connectivity index is 2.21. The Morgan fingerprint density at radius 1 is 1.40 bits per heavy atom. The molecule has 0 aromatic carbocycles. The summed E-state index contributed by atoms with van der Waals surface area (Å²) in [5.74, 6) is -1.22. The first-order valence-electron chi connectivity index (χ1n) is 6.60. The van der Waals surface area contributed by atoms with Gasteiger partial charge in [0.2, 0.25) is 5.91 Å². The summed E-state index contributed by atoms with van der Waals surface area (Å²) in [6.45, 7) is 5.66. The van der Waals surface area contributed by atoms with Crippen LogP contribution in [0.15, 0.2) is 0 Å². The number of carbonyl (C=O) groups is 2. The highest BCUT2D eigenvalue weighted by Gasteiger charge is 2.28. The number of aromatic nitrogens is 3. The Bertz CT molecular complexity index is 508. The molecular formula is C12H18N4O4. The molecule has 2 heterocycles. The number of morpholine rings is 1. The average Bonchev–Trinajstić information content (AvgIpc) is 2.90. The zero-order valence-electron chi connectivity index (χ0n) is 11.6. The molecule has 20 heavy (non-hydrogen) atoms. The summed E-state index contributed by atoms with van der Waals surface area (Å²) in [4.78, 5) is 25.1. The summed E-state index contributed by atoms with van der Waals surface area (Å²) in [6.07, 6.45) is 0.454. The van der Waals surface area contributed by atoms with Gasteiger partial charge < -0.3 is 14.7 Å². The van der Waals surface area contributed by atoms with Gasteiger partial charge >= 0.3 is 5.97 Å². The van der Waals surface area contributed by atoms with Crippen LogP contribution in [0.5, 0.6) is 0 Å². The summed E-state index contributed by atoms with van der Waals surface area (Å²) in [5.41, 5.74) is 0.376. The summed E-state index contributed by atoms with van der Waals surface area (Å²) in [5, 5.41) is 16.5. The molecule has 1 N–H and O–H groups in total. The van der Waals surface area contributed by atoms with E-state index in [9.17, 15) is 9.59 Å². The molecule has 110 valence electrons. The SMILES string of the molecule is CCc1c(C(=O)O)nnn1C(C)C(=O)N1CCOCC1. The number of carboxylic acids is 1. The lowest BCUT2D eigenvalue weighted by Crippen LogP contribution is -2.44. The largest absolute Gasteiger partial charge is 0.476 e. The van der Waals surface area contributed by atoms with E-state index in [-0.39, 0.29) is 11.6 Å². The molecule has 1 saturated heterocycles. The van der Waals surface area contributed by atoms with Gasteiger partial charge in [-0.15, -0.1) is 5.10 Å². The second-order valence-corrected chi connectivity index (χ2v) is 4.60. The Labute approximate surface area is 116 Å². The molecule has 1 unspecified atom stereocenters. The van der Waals surface area contributed by atoms with E-state index >= 15 is 0 Å². The topological polar surface area (TPSA) is 97.5 Å². The van der Waals surface area contributed by atoms with Gasteiger partial charge in [-0.1, -0.05) is 12.1 Å². The maximum Gasteiger partial charge on any atom is 0.358 e. The summed E-state index contributed by atoms with van der Waals surface area (Å²) < 4.78 is 6.61. The quantitative estimate of drug-likeness (QED) is 0.832. The molecule has 1 amide bonds. The number of aromatic carboxylic acids is 1. The average molecular weight is 282 g/mol. The molecule has 1 aliphatic rings. The van der Waals surface area contributed by atoms with E-state index < -0.39 is 12.0 Å². The molecule has 0 saturated carbocycles.